The van der Waals surface area contributed by atoms with Gasteiger partial charge < -0.3 is 0 Å². The lowest BCUT2D eigenvalue weighted by Gasteiger charge is -2.40. The van der Waals surface area contributed by atoms with E-state index in [-0.39, 0.29) is 5.54 Å². The molecule has 0 aliphatic carbocycles. The molecule has 0 aromatic heterocycles. The first kappa shape index (κ1) is 13.6. The maximum Gasteiger partial charge on any atom is 0.152 e. The molecule has 2 heteroatoms. The maximum atomic E-state index is 12.0. The highest BCUT2D eigenvalue weighted by Gasteiger charge is 2.37. The molecule has 0 aliphatic rings. The molecule has 0 rings (SSSR count). The summed E-state index contributed by atoms with van der Waals surface area (Å²) in [5.74, 6) is 0.395. The van der Waals surface area contributed by atoms with E-state index in [2.05, 4.69) is 32.6 Å². The molecule has 0 saturated carbocycles. The molecule has 0 aliphatic heterocycles. The molecule has 2 nitrogen and oxygen atoms in total. The largest absolute Gasteiger partial charge is 0.298 e. The van der Waals surface area contributed by atoms with Crippen LogP contribution in [0.15, 0.2) is 0 Å². The number of hydrogen-bond donors (Lipinski definition) is 0. The van der Waals surface area contributed by atoms with Gasteiger partial charge in [0, 0.05) is 6.42 Å². The van der Waals surface area contributed by atoms with Gasteiger partial charge in [0.2, 0.25) is 0 Å². The van der Waals surface area contributed by atoms with E-state index in [1.165, 1.54) is 0 Å². The number of Topliss-reactive ketones (excluding diaryl/α,β-unsaturated/α-hetero) is 1. The highest BCUT2D eigenvalue weighted by atomic mass is 16.1. The first-order chi connectivity index (χ1) is 6.62. The van der Waals surface area contributed by atoms with Gasteiger partial charge in [-0.2, -0.15) is 0 Å². The van der Waals surface area contributed by atoms with Crippen LogP contribution in [0.3, 0.4) is 0 Å². The Hall–Kier alpha value is -0.370. The van der Waals surface area contributed by atoms with Gasteiger partial charge in [-0.15, -0.1) is 0 Å². The summed E-state index contributed by atoms with van der Waals surface area (Å²) in [6.07, 6.45) is 2.51. The highest BCUT2D eigenvalue weighted by molar-refractivity contribution is 5.88. The van der Waals surface area contributed by atoms with Crippen molar-refractivity contribution in [3.63, 3.8) is 0 Å². The monoisotopic (exact) mass is 199 g/mol. The normalized spacial score (nSPS) is 12.1. The lowest BCUT2D eigenvalue weighted by atomic mass is 9.84. The zero-order valence-electron chi connectivity index (χ0n) is 10.4. The molecule has 0 fully saturated rings. The molecule has 0 aromatic rings. The summed E-state index contributed by atoms with van der Waals surface area (Å²) >= 11 is 0. The van der Waals surface area contributed by atoms with Crippen LogP contribution in [0.25, 0.3) is 0 Å². The van der Waals surface area contributed by atoms with Crippen molar-refractivity contribution in [1.29, 1.82) is 0 Å². The first-order valence-electron chi connectivity index (χ1n) is 5.91. The minimum Gasteiger partial charge on any atom is -0.298 e. The van der Waals surface area contributed by atoms with Crippen molar-refractivity contribution in [2.24, 2.45) is 0 Å². The third kappa shape index (κ3) is 2.35. The van der Waals surface area contributed by atoms with Gasteiger partial charge in [-0.05, 0) is 25.9 Å². The Bertz CT molecular complexity index is 169. The fraction of sp³-hybridized carbons (Fsp3) is 0.917. The summed E-state index contributed by atoms with van der Waals surface area (Å²) in [5.41, 5.74) is -0.196. The predicted molar refractivity (Wildman–Crippen MR) is 61.5 cm³/mol. The second-order valence-electron chi connectivity index (χ2n) is 3.69. The molecule has 0 saturated heterocycles. The Morgan fingerprint density at radius 1 is 1.00 bits per heavy atom. The molecule has 0 radical (unpaired) electrons. The van der Waals surface area contributed by atoms with Crippen LogP contribution in [0.1, 0.15) is 53.9 Å². The standard InChI is InChI=1S/C12H25NO/c1-6-11(14)12(7-2,8-3)13(9-4)10-5/h6-10H2,1-5H3. The first-order valence-corrected chi connectivity index (χ1v) is 5.91. The average molecular weight is 199 g/mol. The van der Waals surface area contributed by atoms with Crippen LogP contribution < -0.4 is 0 Å². The van der Waals surface area contributed by atoms with Crippen LogP contribution in [0.4, 0.5) is 0 Å². The maximum absolute atomic E-state index is 12.0. The van der Waals surface area contributed by atoms with Gasteiger partial charge in [-0.25, -0.2) is 0 Å². The van der Waals surface area contributed by atoms with Crippen LogP contribution in [0.2, 0.25) is 0 Å². The molecule has 0 heterocycles. The van der Waals surface area contributed by atoms with Crippen LogP contribution in [-0.4, -0.2) is 29.3 Å². The number of rotatable bonds is 7. The Morgan fingerprint density at radius 3 is 1.64 bits per heavy atom. The second-order valence-corrected chi connectivity index (χ2v) is 3.69. The Balaban J connectivity index is 4.93. The average Bonchev–Trinajstić information content (AvgIpc) is 2.25. The topological polar surface area (TPSA) is 20.3 Å². The minimum absolute atomic E-state index is 0.196. The summed E-state index contributed by atoms with van der Waals surface area (Å²) in [6, 6.07) is 0. The van der Waals surface area contributed by atoms with E-state index in [1.54, 1.807) is 0 Å². The van der Waals surface area contributed by atoms with E-state index in [9.17, 15) is 4.79 Å². The Kier molecular flexibility index (Phi) is 6.01. The molecule has 0 spiro atoms. The van der Waals surface area contributed by atoms with Gasteiger partial charge in [0.05, 0.1) is 5.54 Å². The van der Waals surface area contributed by atoms with Crippen molar-refractivity contribution in [2.45, 2.75) is 59.4 Å². The molecular weight excluding hydrogens is 174 g/mol. The Labute approximate surface area is 88.7 Å². The summed E-state index contributed by atoms with van der Waals surface area (Å²) < 4.78 is 0. The molecule has 14 heavy (non-hydrogen) atoms. The van der Waals surface area contributed by atoms with Crippen molar-refractivity contribution >= 4 is 5.78 Å². The van der Waals surface area contributed by atoms with Crippen LogP contribution in [0.5, 0.6) is 0 Å². The molecule has 0 N–H and O–H groups in total. The van der Waals surface area contributed by atoms with E-state index >= 15 is 0 Å². The summed E-state index contributed by atoms with van der Waals surface area (Å²) in [6.45, 7) is 12.4. The lowest BCUT2D eigenvalue weighted by Crippen LogP contribution is -2.53. The van der Waals surface area contributed by atoms with E-state index in [4.69, 9.17) is 0 Å². The minimum atomic E-state index is -0.196. The van der Waals surface area contributed by atoms with E-state index < -0.39 is 0 Å². The van der Waals surface area contributed by atoms with Gasteiger partial charge in [0.1, 0.15) is 0 Å². The Morgan fingerprint density at radius 2 is 1.43 bits per heavy atom. The summed E-state index contributed by atoms with van der Waals surface area (Å²) in [5, 5.41) is 0. The molecule has 0 bridgehead atoms. The fourth-order valence-corrected chi connectivity index (χ4v) is 2.43. The van der Waals surface area contributed by atoms with Gasteiger partial charge in [0.25, 0.3) is 0 Å². The molecule has 0 unspecified atom stereocenters. The zero-order chi connectivity index (χ0) is 11.2. The third-order valence-electron chi connectivity index (χ3n) is 3.38. The van der Waals surface area contributed by atoms with E-state index in [1.807, 2.05) is 6.92 Å². The molecular formula is C12H25NO. The lowest BCUT2D eigenvalue weighted by molar-refractivity contribution is -0.131. The van der Waals surface area contributed by atoms with Crippen molar-refractivity contribution in [1.82, 2.24) is 4.90 Å². The van der Waals surface area contributed by atoms with Crippen molar-refractivity contribution in [3.05, 3.63) is 0 Å². The van der Waals surface area contributed by atoms with Crippen molar-refractivity contribution in [2.75, 3.05) is 13.1 Å². The third-order valence-corrected chi connectivity index (χ3v) is 3.38. The number of likely N-dealkylation sites (N-methyl/N-ethyl adjacent to an activating group) is 1. The van der Waals surface area contributed by atoms with Gasteiger partial charge in [0.15, 0.2) is 5.78 Å². The highest BCUT2D eigenvalue weighted by Crippen LogP contribution is 2.26. The van der Waals surface area contributed by atoms with E-state index in [0.29, 0.717) is 12.2 Å². The molecule has 84 valence electrons. The number of hydrogen-bond acceptors (Lipinski definition) is 2. The summed E-state index contributed by atoms with van der Waals surface area (Å²) in [7, 11) is 0. The van der Waals surface area contributed by atoms with Gasteiger partial charge in [-0.3, -0.25) is 9.69 Å². The SMILES string of the molecule is CCC(=O)C(CC)(CC)N(CC)CC. The van der Waals surface area contributed by atoms with E-state index in [0.717, 1.165) is 25.9 Å². The second kappa shape index (κ2) is 6.18. The van der Waals surface area contributed by atoms with Gasteiger partial charge >= 0.3 is 0 Å². The number of ketones is 1. The fourth-order valence-electron chi connectivity index (χ4n) is 2.43. The number of carbonyl (C=O) groups is 1. The van der Waals surface area contributed by atoms with Gasteiger partial charge in [-0.1, -0.05) is 34.6 Å². The molecule has 0 atom stereocenters. The molecule has 0 amide bonds. The number of nitrogens with zero attached hydrogens (tertiary/aromatic N) is 1. The van der Waals surface area contributed by atoms with Crippen LogP contribution in [0, 0.1) is 0 Å². The van der Waals surface area contributed by atoms with Crippen molar-refractivity contribution in [3.8, 4) is 0 Å². The molecule has 0 aromatic carbocycles. The quantitative estimate of drug-likeness (QED) is 0.628. The van der Waals surface area contributed by atoms with Crippen LogP contribution in [-0.2, 0) is 4.79 Å². The van der Waals surface area contributed by atoms with Crippen LogP contribution >= 0.6 is 0 Å². The number of carbonyl (C=O) groups excluding carboxylic acids is 1. The smallest absolute Gasteiger partial charge is 0.152 e. The predicted octanol–water partition coefficient (Wildman–Crippen LogP) is 2.87. The van der Waals surface area contributed by atoms with Crippen molar-refractivity contribution < 1.29 is 4.79 Å². The summed E-state index contributed by atoms with van der Waals surface area (Å²) in [4.78, 5) is 14.3. The zero-order valence-corrected chi connectivity index (χ0v) is 10.4.